The second-order valence-electron chi connectivity index (χ2n) is 6.99. The van der Waals surface area contributed by atoms with Gasteiger partial charge in [0.2, 0.25) is 5.91 Å². The first-order chi connectivity index (χ1) is 13.4. The van der Waals surface area contributed by atoms with Gasteiger partial charge in [0, 0.05) is 24.8 Å². The van der Waals surface area contributed by atoms with Crippen LogP contribution in [0.5, 0.6) is 0 Å². The molecule has 1 atom stereocenters. The summed E-state index contributed by atoms with van der Waals surface area (Å²) in [4.78, 5) is 39.1. The van der Waals surface area contributed by atoms with E-state index in [-0.39, 0.29) is 17.7 Å². The van der Waals surface area contributed by atoms with E-state index in [9.17, 15) is 14.4 Å². The maximum absolute atomic E-state index is 12.9. The third kappa shape index (κ3) is 3.49. The fourth-order valence-corrected chi connectivity index (χ4v) is 3.41. The van der Waals surface area contributed by atoms with Gasteiger partial charge in [0.15, 0.2) is 0 Å². The maximum atomic E-state index is 12.9. The van der Waals surface area contributed by atoms with E-state index in [4.69, 9.17) is 0 Å². The smallest absolute Gasteiger partial charge is 0.277 e. The number of fused-ring (bicyclic) bond motifs is 1. The number of anilines is 1. The normalized spacial score (nSPS) is 18.4. The molecule has 2 aliphatic rings. The van der Waals surface area contributed by atoms with Crippen molar-refractivity contribution in [2.24, 2.45) is 11.0 Å². The first-order valence-corrected chi connectivity index (χ1v) is 9.34. The zero-order valence-electron chi connectivity index (χ0n) is 16.6. The molecule has 8 nitrogen and oxygen atoms in total. The number of nitrogens with zero attached hydrogens (tertiary/aromatic N) is 3. The lowest BCUT2D eigenvalue weighted by Crippen LogP contribution is -2.40. The Bertz CT molecular complexity index is 890. The van der Waals surface area contributed by atoms with Gasteiger partial charge in [0.05, 0.1) is 12.5 Å². The van der Waals surface area contributed by atoms with Gasteiger partial charge in [-0.1, -0.05) is 13.0 Å². The molecule has 0 bridgehead atoms. The zero-order valence-corrected chi connectivity index (χ0v) is 16.6. The number of nitrogens with one attached hydrogen (secondary N) is 2. The third-order valence-corrected chi connectivity index (χ3v) is 5.07. The molecular weight excluding hydrogens is 358 g/mol. The molecule has 3 rings (SSSR count). The predicted molar refractivity (Wildman–Crippen MR) is 107 cm³/mol. The number of carbonyl (C=O) groups is 3. The summed E-state index contributed by atoms with van der Waals surface area (Å²) in [6, 6.07) is 5.16. The van der Waals surface area contributed by atoms with E-state index in [0.717, 1.165) is 12.0 Å². The summed E-state index contributed by atoms with van der Waals surface area (Å²) in [7, 11) is 1.56. The van der Waals surface area contributed by atoms with Crippen LogP contribution in [0.3, 0.4) is 0 Å². The summed E-state index contributed by atoms with van der Waals surface area (Å²) in [5, 5.41) is 11.4. The summed E-state index contributed by atoms with van der Waals surface area (Å²) in [6.07, 6.45) is 2.36. The molecule has 8 heteroatoms. The van der Waals surface area contributed by atoms with Gasteiger partial charge in [-0.2, -0.15) is 5.10 Å². The molecule has 0 saturated heterocycles. The molecule has 2 heterocycles. The molecule has 2 aliphatic heterocycles. The number of amides is 3. The van der Waals surface area contributed by atoms with Crippen LogP contribution >= 0.6 is 0 Å². The highest BCUT2D eigenvalue weighted by molar-refractivity contribution is 6.05. The minimum Gasteiger partial charge on any atom is -0.355 e. The van der Waals surface area contributed by atoms with Gasteiger partial charge in [-0.15, -0.1) is 0 Å². The van der Waals surface area contributed by atoms with E-state index >= 15 is 0 Å². The van der Waals surface area contributed by atoms with Crippen molar-refractivity contribution >= 4 is 29.7 Å². The zero-order chi connectivity index (χ0) is 20.4. The van der Waals surface area contributed by atoms with E-state index < -0.39 is 5.92 Å². The topological polar surface area (TPSA) is 94.1 Å². The van der Waals surface area contributed by atoms with Crippen LogP contribution in [-0.4, -0.2) is 54.1 Å². The van der Waals surface area contributed by atoms with Gasteiger partial charge in [-0.3, -0.25) is 24.3 Å². The van der Waals surface area contributed by atoms with Gasteiger partial charge in [0.25, 0.3) is 11.8 Å². The Morgan fingerprint density at radius 2 is 2.04 bits per heavy atom. The minimum atomic E-state index is -0.485. The molecule has 1 aromatic rings. The average Bonchev–Trinajstić information content (AvgIpc) is 3.02. The molecule has 1 unspecified atom stereocenters. The molecule has 0 fully saturated rings. The van der Waals surface area contributed by atoms with Crippen molar-refractivity contribution in [3.63, 3.8) is 0 Å². The Morgan fingerprint density at radius 3 is 2.71 bits per heavy atom. The summed E-state index contributed by atoms with van der Waals surface area (Å²) in [5.41, 5.74) is 3.09. The summed E-state index contributed by atoms with van der Waals surface area (Å²) in [6.45, 7) is 6.58. The van der Waals surface area contributed by atoms with Crippen LogP contribution in [0.15, 0.2) is 34.6 Å². The largest absolute Gasteiger partial charge is 0.355 e. The van der Waals surface area contributed by atoms with Crippen LogP contribution < -0.4 is 10.6 Å². The Morgan fingerprint density at radius 1 is 1.29 bits per heavy atom. The monoisotopic (exact) mass is 383 g/mol. The first kappa shape index (κ1) is 19.6. The molecule has 3 amide bonds. The van der Waals surface area contributed by atoms with Crippen molar-refractivity contribution in [3.05, 3.63) is 40.6 Å². The van der Waals surface area contributed by atoms with Gasteiger partial charge < -0.3 is 10.6 Å². The van der Waals surface area contributed by atoms with Crippen LogP contribution in [0.4, 0.5) is 5.69 Å². The SMILES string of the molecule is CCCN1C=NN2CC(C(=O)Nc3cc(C(=O)NC)ccc3C)C(C)=C2C1=O. The Balaban J connectivity index is 1.82. The molecule has 1 aromatic carbocycles. The van der Waals surface area contributed by atoms with Crippen molar-refractivity contribution in [1.29, 1.82) is 0 Å². The van der Waals surface area contributed by atoms with Crippen molar-refractivity contribution in [2.75, 3.05) is 25.5 Å². The van der Waals surface area contributed by atoms with Crippen molar-refractivity contribution in [3.8, 4) is 0 Å². The van der Waals surface area contributed by atoms with Gasteiger partial charge in [0.1, 0.15) is 12.0 Å². The van der Waals surface area contributed by atoms with Gasteiger partial charge in [-0.05, 0) is 43.5 Å². The highest BCUT2D eigenvalue weighted by atomic mass is 16.2. The highest BCUT2D eigenvalue weighted by Gasteiger charge is 2.40. The Hall–Kier alpha value is -3.16. The van der Waals surface area contributed by atoms with Crippen molar-refractivity contribution in [2.45, 2.75) is 27.2 Å². The molecule has 0 spiro atoms. The summed E-state index contributed by atoms with van der Waals surface area (Å²) in [5.74, 6) is -1.05. The lowest BCUT2D eigenvalue weighted by molar-refractivity contribution is -0.125. The highest BCUT2D eigenvalue weighted by Crippen LogP contribution is 2.32. The van der Waals surface area contributed by atoms with E-state index in [2.05, 4.69) is 15.7 Å². The van der Waals surface area contributed by atoms with E-state index in [0.29, 0.717) is 35.6 Å². The minimum absolute atomic E-state index is 0.123. The van der Waals surface area contributed by atoms with Crippen LogP contribution in [0.1, 0.15) is 36.2 Å². The average molecular weight is 383 g/mol. The van der Waals surface area contributed by atoms with Gasteiger partial charge in [-0.25, -0.2) is 0 Å². The number of carbonyl (C=O) groups excluding carboxylic acids is 3. The fraction of sp³-hybridized carbons (Fsp3) is 0.400. The lowest BCUT2D eigenvalue weighted by atomic mass is 10.0. The van der Waals surface area contributed by atoms with Crippen molar-refractivity contribution < 1.29 is 14.4 Å². The molecule has 0 aliphatic carbocycles. The standard InChI is InChI=1S/C20H25N5O3/c1-5-8-24-11-22-25-10-15(13(3)17(25)20(24)28)19(27)23-16-9-14(18(26)21-4)7-6-12(16)2/h6-7,9,11,15H,5,8,10H2,1-4H3,(H,21,26)(H,23,27). The molecule has 28 heavy (non-hydrogen) atoms. The quantitative estimate of drug-likeness (QED) is 0.809. The number of hydrogen-bond donors (Lipinski definition) is 2. The number of hydrazone groups is 1. The molecule has 0 aromatic heterocycles. The second-order valence-corrected chi connectivity index (χ2v) is 6.99. The number of benzene rings is 1. The van der Waals surface area contributed by atoms with E-state index in [1.807, 2.05) is 13.8 Å². The van der Waals surface area contributed by atoms with Crippen LogP contribution in [0.25, 0.3) is 0 Å². The van der Waals surface area contributed by atoms with Crippen LogP contribution in [0, 0.1) is 12.8 Å². The first-order valence-electron chi connectivity index (χ1n) is 9.34. The predicted octanol–water partition coefficient (Wildman–Crippen LogP) is 1.69. The number of rotatable bonds is 5. The molecular formula is C20H25N5O3. The summed E-state index contributed by atoms with van der Waals surface area (Å²) < 4.78 is 0. The Labute approximate surface area is 164 Å². The van der Waals surface area contributed by atoms with Gasteiger partial charge >= 0.3 is 0 Å². The van der Waals surface area contributed by atoms with E-state index in [1.54, 1.807) is 42.1 Å². The summed E-state index contributed by atoms with van der Waals surface area (Å²) >= 11 is 0. The number of hydrogen-bond acceptors (Lipinski definition) is 5. The fourth-order valence-electron chi connectivity index (χ4n) is 3.41. The van der Waals surface area contributed by atoms with Crippen molar-refractivity contribution in [1.82, 2.24) is 15.2 Å². The number of aryl methyl sites for hydroxylation is 1. The van der Waals surface area contributed by atoms with Crippen LogP contribution in [0.2, 0.25) is 0 Å². The van der Waals surface area contributed by atoms with E-state index in [1.165, 1.54) is 6.34 Å². The molecule has 148 valence electrons. The molecule has 0 radical (unpaired) electrons. The third-order valence-electron chi connectivity index (χ3n) is 5.07. The maximum Gasteiger partial charge on any atom is 0.277 e. The second kappa shape index (κ2) is 7.84. The van der Waals surface area contributed by atoms with Crippen LogP contribution in [-0.2, 0) is 9.59 Å². The lowest BCUT2D eigenvalue weighted by Gasteiger charge is -2.27. The Kier molecular flexibility index (Phi) is 5.48. The molecule has 2 N–H and O–H groups in total. The molecule has 0 saturated carbocycles.